The molecule has 0 aromatic carbocycles. The molecule has 96 valence electrons. The molecule has 0 heterocycles. The second-order valence-electron chi connectivity index (χ2n) is 4.23. The average Bonchev–Trinajstić information content (AvgIpc) is 2.27. The maximum atomic E-state index is 11.0. The van der Waals surface area contributed by atoms with Crippen molar-refractivity contribution in [1.82, 2.24) is 4.90 Å². The predicted octanol–water partition coefficient (Wildman–Crippen LogP) is 1.54. The van der Waals surface area contributed by atoms with Gasteiger partial charge in [0.1, 0.15) is 0 Å². The second-order valence-corrected chi connectivity index (χ2v) is 4.23. The molecule has 0 aromatic rings. The van der Waals surface area contributed by atoms with E-state index in [4.69, 9.17) is 4.74 Å². The molecule has 0 aliphatic heterocycles. The van der Waals surface area contributed by atoms with Gasteiger partial charge in [-0.15, -0.1) is 0 Å². The fourth-order valence-corrected chi connectivity index (χ4v) is 1.29. The summed E-state index contributed by atoms with van der Waals surface area (Å²) < 4.78 is 10.1. The molecule has 0 atom stereocenters. The molecule has 0 fully saturated rings. The molecule has 0 bridgehead atoms. The molecule has 0 saturated carbocycles. The van der Waals surface area contributed by atoms with Crippen LogP contribution in [0.3, 0.4) is 0 Å². The minimum Gasteiger partial charge on any atom is -0.469 e. The Morgan fingerprint density at radius 3 is 2.50 bits per heavy atom. The van der Waals surface area contributed by atoms with Crippen molar-refractivity contribution in [1.29, 1.82) is 0 Å². The van der Waals surface area contributed by atoms with Crippen LogP contribution in [0.15, 0.2) is 0 Å². The lowest BCUT2D eigenvalue weighted by Gasteiger charge is -2.19. The Hall–Kier alpha value is -0.610. The molecule has 0 rings (SSSR count). The number of ether oxygens (including phenoxy) is 2. The minimum atomic E-state index is -0.151. The van der Waals surface area contributed by atoms with Gasteiger partial charge in [0.05, 0.1) is 20.1 Å². The summed E-state index contributed by atoms with van der Waals surface area (Å²) in [6.45, 7) is 10.4. The Balaban J connectivity index is 3.55. The number of hydrogen-bond acceptors (Lipinski definition) is 4. The normalized spacial score (nSPS) is 11.1. The van der Waals surface area contributed by atoms with Gasteiger partial charge in [-0.2, -0.15) is 0 Å². The molecule has 0 unspecified atom stereocenters. The van der Waals surface area contributed by atoms with E-state index < -0.39 is 0 Å². The van der Waals surface area contributed by atoms with Crippen molar-refractivity contribution in [2.24, 2.45) is 5.92 Å². The lowest BCUT2D eigenvalue weighted by Crippen LogP contribution is -2.30. The second kappa shape index (κ2) is 9.60. The fourth-order valence-electron chi connectivity index (χ4n) is 1.29. The number of carbonyl (C=O) groups excluding carboxylic acids is 1. The van der Waals surface area contributed by atoms with E-state index in [1.54, 1.807) is 0 Å². The highest BCUT2D eigenvalue weighted by molar-refractivity contribution is 5.69. The number of nitrogens with zero attached hydrogens (tertiary/aromatic N) is 1. The molecule has 0 aliphatic carbocycles. The van der Waals surface area contributed by atoms with Crippen molar-refractivity contribution in [2.45, 2.75) is 27.2 Å². The summed E-state index contributed by atoms with van der Waals surface area (Å²) >= 11 is 0. The standard InChI is InChI=1S/C12H25NO3/c1-5-13(7-6-12(14)15-4)8-9-16-10-11(2)3/h11H,5-10H2,1-4H3. The van der Waals surface area contributed by atoms with E-state index in [1.807, 2.05) is 0 Å². The molecule has 0 N–H and O–H groups in total. The monoisotopic (exact) mass is 231 g/mol. The Kier molecular flexibility index (Phi) is 9.24. The Labute approximate surface area is 98.9 Å². The summed E-state index contributed by atoms with van der Waals surface area (Å²) in [6, 6.07) is 0. The van der Waals surface area contributed by atoms with E-state index >= 15 is 0 Å². The summed E-state index contributed by atoms with van der Waals surface area (Å²) in [5.41, 5.74) is 0. The van der Waals surface area contributed by atoms with Gasteiger partial charge in [-0.3, -0.25) is 4.79 Å². The van der Waals surface area contributed by atoms with Crippen molar-refractivity contribution in [3.05, 3.63) is 0 Å². The van der Waals surface area contributed by atoms with Gasteiger partial charge in [0, 0.05) is 19.7 Å². The fraction of sp³-hybridized carbons (Fsp3) is 0.917. The molecule has 16 heavy (non-hydrogen) atoms. The Morgan fingerprint density at radius 1 is 1.31 bits per heavy atom. The Bertz CT molecular complexity index is 183. The largest absolute Gasteiger partial charge is 0.469 e. The zero-order chi connectivity index (χ0) is 12.4. The third kappa shape index (κ3) is 8.68. The number of esters is 1. The van der Waals surface area contributed by atoms with Crippen LogP contribution in [0.5, 0.6) is 0 Å². The van der Waals surface area contributed by atoms with E-state index in [2.05, 4.69) is 30.4 Å². The van der Waals surface area contributed by atoms with Gasteiger partial charge in [0.15, 0.2) is 0 Å². The first-order valence-electron chi connectivity index (χ1n) is 5.97. The van der Waals surface area contributed by atoms with Crippen LogP contribution in [-0.4, -0.2) is 50.8 Å². The van der Waals surface area contributed by atoms with Crippen molar-refractivity contribution >= 4 is 5.97 Å². The van der Waals surface area contributed by atoms with Gasteiger partial charge in [0.2, 0.25) is 0 Å². The van der Waals surface area contributed by atoms with Crippen LogP contribution in [-0.2, 0) is 14.3 Å². The van der Waals surface area contributed by atoms with Crippen LogP contribution in [0.25, 0.3) is 0 Å². The molecular formula is C12H25NO3. The SMILES string of the molecule is CCN(CCOCC(C)C)CCC(=O)OC. The van der Waals surface area contributed by atoms with E-state index in [-0.39, 0.29) is 5.97 Å². The lowest BCUT2D eigenvalue weighted by atomic mass is 10.2. The van der Waals surface area contributed by atoms with Gasteiger partial charge in [0.25, 0.3) is 0 Å². The maximum Gasteiger partial charge on any atom is 0.306 e. The summed E-state index contributed by atoms with van der Waals surface area (Å²) in [7, 11) is 1.42. The summed E-state index contributed by atoms with van der Waals surface area (Å²) in [6.07, 6.45) is 0.453. The molecule has 0 radical (unpaired) electrons. The summed E-state index contributed by atoms with van der Waals surface area (Å²) in [4.78, 5) is 13.2. The van der Waals surface area contributed by atoms with Crippen molar-refractivity contribution in [2.75, 3.05) is 40.0 Å². The first-order chi connectivity index (χ1) is 7.60. The smallest absolute Gasteiger partial charge is 0.306 e. The summed E-state index contributed by atoms with van der Waals surface area (Å²) in [5.74, 6) is 0.423. The van der Waals surface area contributed by atoms with E-state index in [9.17, 15) is 4.79 Å². The molecule has 4 heteroatoms. The maximum absolute atomic E-state index is 11.0. The number of hydrogen-bond donors (Lipinski definition) is 0. The summed E-state index contributed by atoms with van der Waals surface area (Å²) in [5, 5.41) is 0. The van der Waals surface area contributed by atoms with Crippen molar-refractivity contribution in [3.63, 3.8) is 0 Å². The molecule has 0 aliphatic rings. The minimum absolute atomic E-state index is 0.151. The van der Waals surface area contributed by atoms with Crippen LogP contribution in [0, 0.1) is 5.92 Å². The third-order valence-corrected chi connectivity index (χ3v) is 2.31. The van der Waals surface area contributed by atoms with Gasteiger partial charge in [-0.1, -0.05) is 20.8 Å². The third-order valence-electron chi connectivity index (χ3n) is 2.31. The van der Waals surface area contributed by atoms with Gasteiger partial charge >= 0.3 is 5.97 Å². The highest BCUT2D eigenvalue weighted by Crippen LogP contribution is 1.96. The van der Waals surface area contributed by atoms with Crippen molar-refractivity contribution in [3.8, 4) is 0 Å². The van der Waals surface area contributed by atoms with Crippen LogP contribution < -0.4 is 0 Å². The van der Waals surface area contributed by atoms with E-state index in [1.165, 1.54) is 7.11 Å². The molecule has 0 saturated heterocycles. The first kappa shape index (κ1) is 15.4. The van der Waals surface area contributed by atoms with Crippen LogP contribution in [0.1, 0.15) is 27.2 Å². The molecule has 0 amide bonds. The lowest BCUT2D eigenvalue weighted by molar-refractivity contribution is -0.141. The highest BCUT2D eigenvalue weighted by atomic mass is 16.5. The quantitative estimate of drug-likeness (QED) is 0.446. The van der Waals surface area contributed by atoms with Gasteiger partial charge in [-0.25, -0.2) is 0 Å². The average molecular weight is 231 g/mol. The van der Waals surface area contributed by atoms with Gasteiger partial charge < -0.3 is 14.4 Å². The topological polar surface area (TPSA) is 38.8 Å². The Morgan fingerprint density at radius 2 is 2.00 bits per heavy atom. The van der Waals surface area contributed by atoms with Crippen LogP contribution in [0.2, 0.25) is 0 Å². The predicted molar refractivity (Wildman–Crippen MR) is 64.4 cm³/mol. The molecule has 0 aromatic heterocycles. The van der Waals surface area contributed by atoms with Crippen molar-refractivity contribution < 1.29 is 14.3 Å². The zero-order valence-electron chi connectivity index (χ0n) is 11.0. The first-order valence-corrected chi connectivity index (χ1v) is 5.97. The molecular weight excluding hydrogens is 206 g/mol. The van der Waals surface area contributed by atoms with E-state index in [0.717, 1.165) is 32.8 Å². The molecule has 0 spiro atoms. The van der Waals surface area contributed by atoms with Crippen LogP contribution in [0.4, 0.5) is 0 Å². The van der Waals surface area contributed by atoms with Crippen LogP contribution >= 0.6 is 0 Å². The molecule has 4 nitrogen and oxygen atoms in total. The zero-order valence-corrected chi connectivity index (χ0v) is 11.0. The number of likely N-dealkylation sites (N-methyl/N-ethyl adjacent to an activating group) is 1. The van der Waals surface area contributed by atoms with Gasteiger partial charge in [-0.05, 0) is 12.5 Å². The van der Waals surface area contributed by atoms with E-state index in [0.29, 0.717) is 12.3 Å². The number of methoxy groups -OCH3 is 1. The number of carbonyl (C=O) groups is 1. The highest BCUT2D eigenvalue weighted by Gasteiger charge is 2.06. The number of rotatable bonds is 9.